The van der Waals surface area contributed by atoms with E-state index in [0.717, 1.165) is 17.7 Å². The molecule has 3 N–H and O–H groups in total. The minimum Gasteiger partial charge on any atom is -0.399 e. The van der Waals surface area contributed by atoms with E-state index in [9.17, 15) is 4.79 Å². The molecule has 3 nitrogen and oxygen atoms in total. The van der Waals surface area contributed by atoms with Gasteiger partial charge in [-0.05, 0) is 47.2 Å². The number of rotatable bonds is 4. The van der Waals surface area contributed by atoms with Crippen LogP contribution in [0.25, 0.3) is 0 Å². The molecule has 124 valence electrons. The van der Waals surface area contributed by atoms with Crippen LogP contribution >= 0.6 is 12.4 Å². The Morgan fingerprint density at radius 3 is 2.09 bits per heavy atom. The van der Waals surface area contributed by atoms with Gasteiger partial charge in [0.05, 0.1) is 0 Å². The summed E-state index contributed by atoms with van der Waals surface area (Å²) >= 11 is 0. The number of nitrogens with one attached hydrogen (secondary N) is 1. The number of nitrogens with two attached hydrogens (primary N) is 1. The molecule has 0 radical (unpaired) electrons. The zero-order valence-corrected chi connectivity index (χ0v) is 14.7. The van der Waals surface area contributed by atoms with E-state index in [0.29, 0.717) is 12.1 Å². The maximum atomic E-state index is 12.1. The first-order valence-corrected chi connectivity index (χ1v) is 7.59. The van der Waals surface area contributed by atoms with Gasteiger partial charge in [-0.25, -0.2) is 0 Å². The van der Waals surface area contributed by atoms with Gasteiger partial charge in [0.25, 0.3) is 5.91 Å². The predicted octanol–water partition coefficient (Wildman–Crippen LogP) is 3.96. The van der Waals surface area contributed by atoms with E-state index in [2.05, 4.69) is 26.1 Å². The summed E-state index contributed by atoms with van der Waals surface area (Å²) in [6.07, 6.45) is 0.798. The number of nitrogen functional groups attached to an aromatic ring is 1. The van der Waals surface area contributed by atoms with E-state index in [1.54, 1.807) is 0 Å². The Kier molecular flexibility index (Phi) is 6.64. The van der Waals surface area contributed by atoms with E-state index < -0.39 is 0 Å². The van der Waals surface area contributed by atoms with Crippen LogP contribution < -0.4 is 11.1 Å². The van der Waals surface area contributed by atoms with Crippen LogP contribution in [0.2, 0.25) is 0 Å². The molecule has 0 atom stereocenters. The minimum atomic E-state index is -0.0316. The molecule has 0 bridgehead atoms. The molecular formula is C19H25ClN2O. The third kappa shape index (κ3) is 5.61. The van der Waals surface area contributed by atoms with Crippen molar-refractivity contribution >= 4 is 24.0 Å². The lowest BCUT2D eigenvalue weighted by molar-refractivity contribution is 0.0954. The molecule has 2 aromatic rings. The van der Waals surface area contributed by atoms with Gasteiger partial charge in [0.15, 0.2) is 0 Å². The molecule has 23 heavy (non-hydrogen) atoms. The number of hydrogen-bond donors (Lipinski definition) is 2. The Morgan fingerprint density at radius 1 is 1.00 bits per heavy atom. The van der Waals surface area contributed by atoms with Gasteiger partial charge in [0, 0.05) is 17.8 Å². The Balaban J connectivity index is 0.00000264. The number of carbonyl (C=O) groups excluding carboxylic acids is 1. The molecule has 4 heteroatoms. The molecule has 0 aliphatic rings. The molecule has 0 saturated carbocycles. The lowest BCUT2D eigenvalue weighted by Gasteiger charge is -2.19. The van der Waals surface area contributed by atoms with E-state index in [-0.39, 0.29) is 23.7 Å². The summed E-state index contributed by atoms with van der Waals surface area (Å²) in [5, 5.41) is 2.95. The van der Waals surface area contributed by atoms with E-state index >= 15 is 0 Å². The van der Waals surface area contributed by atoms with Gasteiger partial charge in [-0.2, -0.15) is 0 Å². The normalized spacial score (nSPS) is 10.7. The predicted molar refractivity (Wildman–Crippen MR) is 99.3 cm³/mol. The van der Waals surface area contributed by atoms with Gasteiger partial charge in [-0.15, -0.1) is 12.4 Å². The third-order valence-corrected chi connectivity index (χ3v) is 3.69. The van der Waals surface area contributed by atoms with E-state index in [1.165, 1.54) is 5.56 Å². The zero-order valence-electron chi connectivity index (χ0n) is 13.9. The van der Waals surface area contributed by atoms with Crippen LogP contribution in [0.1, 0.15) is 42.3 Å². The second kappa shape index (κ2) is 8.02. The first-order valence-electron chi connectivity index (χ1n) is 7.59. The van der Waals surface area contributed by atoms with Crippen molar-refractivity contribution in [3.63, 3.8) is 0 Å². The topological polar surface area (TPSA) is 55.1 Å². The summed E-state index contributed by atoms with van der Waals surface area (Å²) in [6, 6.07) is 15.5. The summed E-state index contributed by atoms with van der Waals surface area (Å²) in [5.74, 6) is -0.0316. The second-order valence-electron chi connectivity index (χ2n) is 6.57. The second-order valence-corrected chi connectivity index (χ2v) is 6.57. The van der Waals surface area contributed by atoms with Crippen LogP contribution in [-0.4, -0.2) is 12.5 Å². The maximum Gasteiger partial charge on any atom is 0.251 e. The lowest BCUT2D eigenvalue weighted by Crippen LogP contribution is -2.25. The van der Waals surface area contributed by atoms with Crippen LogP contribution in [0.15, 0.2) is 48.5 Å². The van der Waals surface area contributed by atoms with Crippen molar-refractivity contribution < 1.29 is 4.79 Å². The van der Waals surface area contributed by atoms with Crippen molar-refractivity contribution in [3.05, 3.63) is 65.2 Å². The monoisotopic (exact) mass is 332 g/mol. The average molecular weight is 333 g/mol. The number of hydrogen-bond acceptors (Lipinski definition) is 2. The fraction of sp³-hybridized carbons (Fsp3) is 0.316. The average Bonchev–Trinajstić information content (AvgIpc) is 2.48. The molecule has 0 spiro atoms. The van der Waals surface area contributed by atoms with Gasteiger partial charge in [-0.1, -0.05) is 45.0 Å². The molecule has 0 aliphatic heterocycles. The van der Waals surface area contributed by atoms with Crippen molar-refractivity contribution in [1.29, 1.82) is 0 Å². The van der Waals surface area contributed by atoms with E-state index in [1.807, 2.05) is 48.5 Å². The highest BCUT2D eigenvalue weighted by Crippen LogP contribution is 2.22. The summed E-state index contributed by atoms with van der Waals surface area (Å²) in [7, 11) is 0. The number of halogens is 1. The minimum absolute atomic E-state index is 0. The fourth-order valence-corrected chi connectivity index (χ4v) is 2.23. The van der Waals surface area contributed by atoms with Gasteiger partial charge in [0.1, 0.15) is 0 Å². The number of benzene rings is 2. The molecule has 2 aromatic carbocycles. The van der Waals surface area contributed by atoms with Crippen molar-refractivity contribution in [1.82, 2.24) is 5.32 Å². The van der Waals surface area contributed by atoms with Crippen LogP contribution in [-0.2, 0) is 11.8 Å². The number of carbonyl (C=O) groups is 1. The molecule has 0 heterocycles. The van der Waals surface area contributed by atoms with Crippen molar-refractivity contribution in [3.8, 4) is 0 Å². The molecule has 0 aliphatic carbocycles. The van der Waals surface area contributed by atoms with Crippen LogP contribution in [0, 0.1) is 0 Å². The van der Waals surface area contributed by atoms with Gasteiger partial charge < -0.3 is 11.1 Å². The quantitative estimate of drug-likeness (QED) is 0.833. The van der Waals surface area contributed by atoms with E-state index in [4.69, 9.17) is 5.73 Å². The molecule has 0 saturated heterocycles. The maximum absolute atomic E-state index is 12.1. The summed E-state index contributed by atoms with van der Waals surface area (Å²) in [5.41, 5.74) is 9.60. The zero-order chi connectivity index (χ0) is 16.2. The summed E-state index contributed by atoms with van der Waals surface area (Å²) in [4.78, 5) is 12.1. The summed E-state index contributed by atoms with van der Waals surface area (Å²) in [6.45, 7) is 7.10. The Labute approximate surface area is 144 Å². The highest BCUT2D eigenvalue weighted by Gasteiger charge is 2.14. The molecule has 0 unspecified atom stereocenters. The highest BCUT2D eigenvalue weighted by molar-refractivity contribution is 5.94. The van der Waals surface area contributed by atoms with Gasteiger partial charge in [0.2, 0.25) is 0 Å². The number of anilines is 1. The first kappa shape index (κ1) is 19.0. The standard InChI is InChI=1S/C19H24N2O.ClH/c1-19(2,3)16-8-6-15(7-9-16)18(22)21-13-12-14-4-10-17(20)11-5-14;/h4-11H,12-13,20H2,1-3H3,(H,21,22);1H. The van der Waals surface area contributed by atoms with Crippen LogP contribution in [0.5, 0.6) is 0 Å². The number of amides is 1. The molecular weight excluding hydrogens is 308 g/mol. The molecule has 0 aromatic heterocycles. The fourth-order valence-electron chi connectivity index (χ4n) is 2.23. The molecule has 1 amide bonds. The molecule has 0 fully saturated rings. The van der Waals surface area contributed by atoms with Crippen molar-refractivity contribution in [2.24, 2.45) is 0 Å². The Bertz CT molecular complexity index is 628. The summed E-state index contributed by atoms with van der Waals surface area (Å²) < 4.78 is 0. The lowest BCUT2D eigenvalue weighted by atomic mass is 9.87. The first-order chi connectivity index (χ1) is 10.4. The van der Waals surface area contributed by atoms with Crippen LogP contribution in [0.4, 0.5) is 5.69 Å². The highest BCUT2D eigenvalue weighted by atomic mass is 35.5. The largest absolute Gasteiger partial charge is 0.399 e. The molecule has 2 rings (SSSR count). The third-order valence-electron chi connectivity index (χ3n) is 3.69. The van der Waals surface area contributed by atoms with Crippen molar-refractivity contribution in [2.75, 3.05) is 12.3 Å². The van der Waals surface area contributed by atoms with Crippen molar-refractivity contribution in [2.45, 2.75) is 32.6 Å². The Morgan fingerprint density at radius 2 is 1.57 bits per heavy atom. The Hall–Kier alpha value is -2.00. The van der Waals surface area contributed by atoms with Gasteiger partial charge in [-0.3, -0.25) is 4.79 Å². The smallest absolute Gasteiger partial charge is 0.251 e. The van der Waals surface area contributed by atoms with Crippen LogP contribution in [0.3, 0.4) is 0 Å². The SMILES string of the molecule is CC(C)(C)c1ccc(C(=O)NCCc2ccc(N)cc2)cc1.Cl. The van der Waals surface area contributed by atoms with Gasteiger partial charge >= 0.3 is 0 Å².